The molecule has 182 valence electrons. The van der Waals surface area contributed by atoms with E-state index in [1.54, 1.807) is 19.1 Å². The Morgan fingerprint density at radius 3 is 2.62 bits per heavy atom. The maximum absolute atomic E-state index is 13.2. The normalized spacial score (nSPS) is 16.6. The van der Waals surface area contributed by atoms with Crippen LogP contribution >= 0.6 is 0 Å². The number of carbonyl (C=O) groups excluding carboxylic acids is 1. The molecule has 0 aliphatic carbocycles. The summed E-state index contributed by atoms with van der Waals surface area (Å²) in [6.07, 6.45) is -2.45. The zero-order valence-electron chi connectivity index (χ0n) is 19.4. The van der Waals surface area contributed by atoms with Gasteiger partial charge in [0, 0.05) is 37.0 Å². The highest BCUT2D eigenvalue weighted by Gasteiger charge is 2.31. The van der Waals surface area contributed by atoms with E-state index in [1.165, 1.54) is 17.0 Å². The number of piperidine rings is 1. The van der Waals surface area contributed by atoms with Crippen LogP contribution in [-0.4, -0.2) is 49.1 Å². The number of amides is 1. The first-order chi connectivity index (χ1) is 16.0. The Labute approximate surface area is 195 Å². The first-order valence-corrected chi connectivity index (χ1v) is 11.3. The molecular formula is C25H29F3N3O3+. The molecular weight excluding hydrogens is 447 g/mol. The van der Waals surface area contributed by atoms with Gasteiger partial charge in [-0.25, -0.2) is 0 Å². The zero-order valence-corrected chi connectivity index (χ0v) is 19.4. The summed E-state index contributed by atoms with van der Waals surface area (Å²) in [6.45, 7) is 4.14. The summed E-state index contributed by atoms with van der Waals surface area (Å²) < 4.78 is 45.1. The van der Waals surface area contributed by atoms with Crippen molar-refractivity contribution in [1.29, 1.82) is 0 Å². The van der Waals surface area contributed by atoms with Crippen LogP contribution in [0.2, 0.25) is 0 Å². The zero-order chi connectivity index (χ0) is 24.6. The number of aryl methyl sites for hydroxylation is 1. The lowest BCUT2D eigenvalue weighted by Gasteiger charge is -2.32. The molecule has 0 saturated carbocycles. The molecule has 3 aromatic rings. The molecule has 1 aromatic heterocycles. The molecule has 2 heterocycles. The molecule has 1 fully saturated rings. The van der Waals surface area contributed by atoms with Crippen molar-refractivity contribution in [1.82, 2.24) is 4.90 Å². The minimum absolute atomic E-state index is 0.0318. The van der Waals surface area contributed by atoms with Gasteiger partial charge >= 0.3 is 6.18 Å². The van der Waals surface area contributed by atoms with E-state index < -0.39 is 17.6 Å². The minimum Gasteiger partial charge on any atom is -0.507 e. The van der Waals surface area contributed by atoms with Crippen LogP contribution in [0.15, 0.2) is 40.8 Å². The summed E-state index contributed by atoms with van der Waals surface area (Å²) >= 11 is 0. The molecule has 1 amide bonds. The summed E-state index contributed by atoms with van der Waals surface area (Å²) in [5.41, 5.74) is 0.454. The third-order valence-electron chi connectivity index (χ3n) is 6.66. The SMILES string of the molecule is Cc1oc2ccc(O)c(C[NH+](C)C3CCN(C)CC3)c2c1C(=O)Nc1cccc(C(F)(F)F)c1. The number of hydrogen-bond acceptors (Lipinski definition) is 4. The molecule has 3 N–H and O–H groups in total. The third-order valence-corrected chi connectivity index (χ3v) is 6.66. The van der Waals surface area contributed by atoms with E-state index in [0.29, 0.717) is 34.9 Å². The van der Waals surface area contributed by atoms with Crippen LogP contribution in [-0.2, 0) is 12.7 Å². The maximum Gasteiger partial charge on any atom is 0.416 e. The van der Waals surface area contributed by atoms with Crippen LogP contribution < -0.4 is 10.2 Å². The monoisotopic (exact) mass is 476 g/mol. The fourth-order valence-electron chi connectivity index (χ4n) is 4.71. The van der Waals surface area contributed by atoms with E-state index in [0.717, 1.165) is 38.1 Å². The molecule has 1 saturated heterocycles. The summed E-state index contributed by atoms with van der Waals surface area (Å²) in [5.74, 6) is -0.184. The van der Waals surface area contributed by atoms with Crippen LogP contribution in [0, 0.1) is 6.92 Å². The molecule has 0 bridgehead atoms. The van der Waals surface area contributed by atoms with E-state index in [-0.39, 0.29) is 17.0 Å². The Balaban J connectivity index is 1.66. The third kappa shape index (κ3) is 4.90. The second-order valence-electron chi connectivity index (χ2n) is 9.10. The Morgan fingerprint density at radius 1 is 1.24 bits per heavy atom. The number of quaternary nitrogens is 1. The number of carbonyl (C=O) groups is 1. The topological polar surface area (TPSA) is 70.2 Å². The standard InChI is InChI=1S/C25H28F3N3O3/c1-15-22(24(33)29-17-6-4-5-16(13-17)25(26,27)28)23-19(20(32)7-8-21(23)34-15)14-31(3)18-9-11-30(2)12-10-18/h4-8,13,18,32H,9-12,14H2,1-3H3,(H,29,33)/p+1. The van der Waals surface area contributed by atoms with Gasteiger partial charge in [0.2, 0.25) is 0 Å². The summed E-state index contributed by atoms with van der Waals surface area (Å²) in [7, 11) is 4.17. The fraction of sp³-hybridized carbons (Fsp3) is 0.400. The first kappa shape index (κ1) is 24.1. The second kappa shape index (κ2) is 9.31. The number of alkyl halides is 3. The van der Waals surface area contributed by atoms with Crippen LogP contribution in [0.3, 0.4) is 0 Å². The lowest BCUT2D eigenvalue weighted by atomic mass is 10.00. The van der Waals surface area contributed by atoms with Gasteiger partial charge in [0.1, 0.15) is 23.6 Å². The van der Waals surface area contributed by atoms with Crippen LogP contribution in [0.5, 0.6) is 5.75 Å². The highest BCUT2D eigenvalue weighted by Crippen LogP contribution is 2.35. The summed E-state index contributed by atoms with van der Waals surface area (Å²) in [5, 5.41) is 13.8. The van der Waals surface area contributed by atoms with Gasteiger partial charge in [-0.15, -0.1) is 0 Å². The number of anilines is 1. The Kier molecular flexibility index (Phi) is 6.60. The van der Waals surface area contributed by atoms with Crippen molar-refractivity contribution in [2.24, 2.45) is 0 Å². The van der Waals surface area contributed by atoms with E-state index in [4.69, 9.17) is 4.42 Å². The molecule has 1 aliphatic heterocycles. The molecule has 2 aromatic carbocycles. The van der Waals surface area contributed by atoms with Gasteiger partial charge in [0.25, 0.3) is 5.91 Å². The Bertz CT molecular complexity index is 1200. The second-order valence-corrected chi connectivity index (χ2v) is 9.10. The van der Waals surface area contributed by atoms with Crippen molar-refractivity contribution in [3.63, 3.8) is 0 Å². The van der Waals surface area contributed by atoms with Crippen molar-refractivity contribution in [3.8, 4) is 5.75 Å². The number of halogens is 3. The van der Waals surface area contributed by atoms with Crippen molar-refractivity contribution >= 4 is 22.6 Å². The predicted octanol–water partition coefficient (Wildman–Crippen LogP) is 3.83. The minimum atomic E-state index is -4.51. The Hall–Kier alpha value is -3.04. The van der Waals surface area contributed by atoms with Crippen molar-refractivity contribution < 1.29 is 32.4 Å². The lowest BCUT2D eigenvalue weighted by Crippen LogP contribution is -3.12. The molecule has 0 spiro atoms. The molecule has 1 aliphatic rings. The van der Waals surface area contributed by atoms with Crippen LogP contribution in [0.4, 0.5) is 18.9 Å². The highest BCUT2D eigenvalue weighted by molar-refractivity contribution is 6.14. The molecule has 1 unspecified atom stereocenters. The number of benzene rings is 2. The van der Waals surface area contributed by atoms with E-state index in [1.807, 2.05) is 0 Å². The Morgan fingerprint density at radius 2 is 1.94 bits per heavy atom. The molecule has 9 heteroatoms. The maximum atomic E-state index is 13.2. The number of phenols is 1. The highest BCUT2D eigenvalue weighted by atomic mass is 19.4. The van der Waals surface area contributed by atoms with Crippen LogP contribution in [0.25, 0.3) is 11.0 Å². The van der Waals surface area contributed by atoms with Gasteiger partial charge in [0.05, 0.1) is 29.8 Å². The molecule has 0 radical (unpaired) electrons. The number of phenolic OH excluding ortho intramolecular Hbond substituents is 1. The molecule has 4 rings (SSSR count). The number of rotatable bonds is 5. The number of hydrogen-bond donors (Lipinski definition) is 3. The summed E-state index contributed by atoms with van der Waals surface area (Å²) in [4.78, 5) is 16.7. The predicted molar refractivity (Wildman–Crippen MR) is 123 cm³/mol. The van der Waals surface area contributed by atoms with Crippen LogP contribution in [0.1, 0.15) is 40.1 Å². The van der Waals surface area contributed by atoms with Crippen molar-refractivity contribution in [2.75, 3.05) is 32.5 Å². The number of aromatic hydroxyl groups is 1. The van der Waals surface area contributed by atoms with Gasteiger partial charge in [-0.05, 0) is 44.3 Å². The number of fused-ring (bicyclic) bond motifs is 1. The van der Waals surface area contributed by atoms with Gasteiger partial charge < -0.3 is 24.6 Å². The smallest absolute Gasteiger partial charge is 0.416 e. The van der Waals surface area contributed by atoms with E-state index >= 15 is 0 Å². The van der Waals surface area contributed by atoms with E-state index in [9.17, 15) is 23.1 Å². The van der Waals surface area contributed by atoms with Gasteiger partial charge in [-0.2, -0.15) is 13.2 Å². The number of furan rings is 1. The largest absolute Gasteiger partial charge is 0.507 e. The summed E-state index contributed by atoms with van der Waals surface area (Å²) in [6, 6.07) is 8.07. The van der Waals surface area contributed by atoms with Gasteiger partial charge in [-0.1, -0.05) is 6.07 Å². The van der Waals surface area contributed by atoms with Gasteiger partial charge in [-0.3, -0.25) is 4.79 Å². The number of nitrogens with one attached hydrogen (secondary N) is 2. The fourth-order valence-corrected chi connectivity index (χ4v) is 4.71. The first-order valence-electron chi connectivity index (χ1n) is 11.3. The quantitative estimate of drug-likeness (QED) is 0.524. The molecule has 6 nitrogen and oxygen atoms in total. The van der Waals surface area contributed by atoms with Crippen molar-refractivity contribution in [2.45, 2.75) is 38.5 Å². The molecule has 1 atom stereocenters. The lowest BCUT2D eigenvalue weighted by molar-refractivity contribution is -0.920. The molecule has 34 heavy (non-hydrogen) atoms. The number of likely N-dealkylation sites (tertiary alicyclic amines) is 1. The average molecular weight is 477 g/mol. The average Bonchev–Trinajstić information content (AvgIpc) is 3.12. The van der Waals surface area contributed by atoms with Crippen molar-refractivity contribution in [3.05, 3.63) is 58.8 Å². The van der Waals surface area contributed by atoms with Gasteiger partial charge in [0.15, 0.2) is 0 Å². The van der Waals surface area contributed by atoms with E-state index in [2.05, 4.69) is 24.3 Å². The number of nitrogens with zero attached hydrogens (tertiary/aromatic N) is 1.